The molecule has 0 spiro atoms. The van der Waals surface area contributed by atoms with Crippen molar-refractivity contribution in [3.8, 4) is 11.1 Å². The number of fused-ring (bicyclic) bond motifs is 3. The molecule has 0 fully saturated rings. The summed E-state index contributed by atoms with van der Waals surface area (Å²) < 4.78 is 0. The molecule has 0 heterocycles. The van der Waals surface area contributed by atoms with Gasteiger partial charge in [0.25, 0.3) is 0 Å². The normalized spacial score (nSPS) is 12.0. The summed E-state index contributed by atoms with van der Waals surface area (Å²) in [6.45, 7) is 0. The van der Waals surface area contributed by atoms with E-state index in [1.165, 1.54) is 16.7 Å². The van der Waals surface area contributed by atoms with Gasteiger partial charge in [-0.2, -0.15) is 0 Å². The average Bonchev–Trinajstić information content (AvgIpc) is 2.67. The average molecular weight is 224 g/mol. The lowest BCUT2D eigenvalue weighted by atomic mass is 9.97. The van der Waals surface area contributed by atoms with Crippen LogP contribution in [0.4, 0.5) is 0 Å². The number of carboxylic acid groups (broad SMARTS) is 1. The quantitative estimate of drug-likeness (QED) is 0.726. The summed E-state index contributed by atoms with van der Waals surface area (Å²) in [5.74, 6) is -0.775. The summed E-state index contributed by atoms with van der Waals surface area (Å²) >= 11 is 0. The number of hydrogen-bond acceptors (Lipinski definition) is 1. The Hall–Kier alpha value is -2.09. The largest absolute Gasteiger partial charge is 0.481 e. The zero-order valence-electron chi connectivity index (χ0n) is 9.31. The van der Waals surface area contributed by atoms with Gasteiger partial charge in [-0.15, -0.1) is 0 Å². The van der Waals surface area contributed by atoms with Gasteiger partial charge < -0.3 is 5.11 Å². The summed E-state index contributed by atoms with van der Waals surface area (Å²) in [6.07, 6.45) is 1.01. The lowest BCUT2D eigenvalue weighted by Gasteiger charge is -2.07. The van der Waals surface area contributed by atoms with Crippen LogP contribution in [0, 0.1) is 0 Å². The van der Waals surface area contributed by atoms with Crippen LogP contribution in [0.25, 0.3) is 11.1 Å². The second-order valence-electron chi connectivity index (χ2n) is 4.36. The van der Waals surface area contributed by atoms with Gasteiger partial charge in [0.1, 0.15) is 0 Å². The number of benzene rings is 2. The van der Waals surface area contributed by atoms with E-state index in [1.54, 1.807) is 0 Å². The predicted octanol–water partition coefficient (Wildman–Crippen LogP) is 2.88. The van der Waals surface area contributed by atoms with Crippen LogP contribution in [0.3, 0.4) is 0 Å². The van der Waals surface area contributed by atoms with Crippen molar-refractivity contribution in [2.75, 3.05) is 0 Å². The Morgan fingerprint density at radius 3 is 2.65 bits per heavy atom. The number of hydrogen-bond donors (Lipinski definition) is 1. The second kappa shape index (κ2) is 3.74. The first-order valence-corrected chi connectivity index (χ1v) is 5.66. The minimum atomic E-state index is -0.775. The van der Waals surface area contributed by atoms with E-state index in [1.807, 2.05) is 24.3 Å². The summed E-state index contributed by atoms with van der Waals surface area (Å²) in [5.41, 5.74) is 5.77. The predicted molar refractivity (Wildman–Crippen MR) is 66.0 cm³/mol. The molecule has 2 heteroatoms. The van der Waals surface area contributed by atoms with Crippen LogP contribution < -0.4 is 0 Å². The van der Waals surface area contributed by atoms with Gasteiger partial charge in [-0.1, -0.05) is 42.5 Å². The van der Waals surface area contributed by atoms with Crippen molar-refractivity contribution in [1.82, 2.24) is 0 Å². The highest BCUT2D eigenvalue weighted by Crippen LogP contribution is 2.38. The van der Waals surface area contributed by atoms with E-state index in [-0.39, 0.29) is 6.42 Å². The number of carbonyl (C=O) groups is 1. The van der Waals surface area contributed by atoms with E-state index in [2.05, 4.69) is 18.2 Å². The molecule has 2 aromatic carbocycles. The Labute approximate surface area is 99.5 Å². The molecular weight excluding hydrogens is 212 g/mol. The number of carboxylic acids is 1. The van der Waals surface area contributed by atoms with Crippen molar-refractivity contribution in [2.24, 2.45) is 0 Å². The molecule has 2 aromatic rings. The SMILES string of the molecule is O=C(O)Cc1cccc2c1-c1ccccc1C2. The van der Waals surface area contributed by atoms with Crippen molar-refractivity contribution < 1.29 is 9.90 Å². The monoisotopic (exact) mass is 224 g/mol. The third kappa shape index (κ3) is 1.62. The van der Waals surface area contributed by atoms with Crippen LogP contribution in [-0.4, -0.2) is 11.1 Å². The molecule has 2 nitrogen and oxygen atoms in total. The van der Waals surface area contributed by atoms with Gasteiger partial charge in [-0.3, -0.25) is 4.79 Å². The Morgan fingerprint density at radius 1 is 1.06 bits per heavy atom. The molecule has 3 rings (SSSR count). The van der Waals surface area contributed by atoms with Gasteiger partial charge in [0, 0.05) is 0 Å². The third-order valence-electron chi connectivity index (χ3n) is 3.25. The molecule has 1 N–H and O–H groups in total. The maximum Gasteiger partial charge on any atom is 0.307 e. The lowest BCUT2D eigenvalue weighted by Crippen LogP contribution is -2.01. The number of rotatable bonds is 2. The molecule has 0 atom stereocenters. The molecule has 17 heavy (non-hydrogen) atoms. The Morgan fingerprint density at radius 2 is 1.82 bits per heavy atom. The molecule has 0 bridgehead atoms. The van der Waals surface area contributed by atoms with Crippen LogP contribution in [0.2, 0.25) is 0 Å². The second-order valence-corrected chi connectivity index (χ2v) is 4.36. The van der Waals surface area contributed by atoms with E-state index in [0.29, 0.717) is 0 Å². The first kappa shape index (κ1) is 10.1. The van der Waals surface area contributed by atoms with Gasteiger partial charge >= 0.3 is 5.97 Å². The molecule has 1 aliphatic carbocycles. The molecule has 0 unspecified atom stereocenters. The summed E-state index contributed by atoms with van der Waals surface area (Å²) in [5, 5.41) is 8.95. The van der Waals surface area contributed by atoms with Crippen molar-refractivity contribution >= 4 is 5.97 Å². The molecule has 84 valence electrons. The fourth-order valence-electron chi connectivity index (χ4n) is 2.58. The highest BCUT2D eigenvalue weighted by atomic mass is 16.4. The lowest BCUT2D eigenvalue weighted by molar-refractivity contribution is -0.136. The van der Waals surface area contributed by atoms with E-state index in [4.69, 9.17) is 5.11 Å². The molecule has 0 radical (unpaired) electrons. The molecule has 1 aliphatic rings. The third-order valence-corrected chi connectivity index (χ3v) is 3.25. The molecule has 0 saturated heterocycles. The molecular formula is C15H12O2. The van der Waals surface area contributed by atoms with E-state index in [9.17, 15) is 4.79 Å². The Balaban J connectivity index is 2.19. The van der Waals surface area contributed by atoms with Gasteiger partial charge in [-0.05, 0) is 34.2 Å². The minimum Gasteiger partial charge on any atom is -0.481 e. The van der Waals surface area contributed by atoms with E-state index >= 15 is 0 Å². The van der Waals surface area contributed by atoms with Gasteiger partial charge in [0.2, 0.25) is 0 Å². The maximum atomic E-state index is 10.9. The first-order valence-electron chi connectivity index (χ1n) is 5.66. The molecule has 0 aromatic heterocycles. The van der Waals surface area contributed by atoms with Crippen molar-refractivity contribution in [1.29, 1.82) is 0 Å². The van der Waals surface area contributed by atoms with Crippen LogP contribution in [0.1, 0.15) is 16.7 Å². The highest BCUT2D eigenvalue weighted by Gasteiger charge is 2.21. The summed E-state index contributed by atoms with van der Waals surface area (Å²) in [7, 11) is 0. The minimum absolute atomic E-state index is 0.0947. The standard InChI is InChI=1S/C15H12O2/c16-14(17)9-12-6-3-5-11-8-10-4-1-2-7-13(10)15(11)12/h1-7H,8-9H2,(H,16,17). The van der Waals surface area contributed by atoms with Gasteiger partial charge in [0.05, 0.1) is 6.42 Å². The molecule has 0 aliphatic heterocycles. The van der Waals surface area contributed by atoms with Crippen molar-refractivity contribution in [2.45, 2.75) is 12.8 Å². The van der Waals surface area contributed by atoms with E-state index < -0.39 is 5.97 Å². The van der Waals surface area contributed by atoms with E-state index in [0.717, 1.165) is 17.5 Å². The van der Waals surface area contributed by atoms with Crippen molar-refractivity contribution in [3.63, 3.8) is 0 Å². The Bertz CT molecular complexity index is 600. The number of aliphatic carboxylic acids is 1. The maximum absolute atomic E-state index is 10.9. The van der Waals surface area contributed by atoms with Gasteiger partial charge in [0.15, 0.2) is 0 Å². The van der Waals surface area contributed by atoms with Crippen LogP contribution in [0.15, 0.2) is 42.5 Å². The fourth-order valence-corrected chi connectivity index (χ4v) is 2.58. The first-order chi connectivity index (χ1) is 8.25. The zero-order valence-corrected chi connectivity index (χ0v) is 9.31. The zero-order chi connectivity index (χ0) is 11.8. The Kier molecular flexibility index (Phi) is 2.22. The fraction of sp³-hybridized carbons (Fsp3) is 0.133. The topological polar surface area (TPSA) is 37.3 Å². The van der Waals surface area contributed by atoms with Crippen LogP contribution >= 0.6 is 0 Å². The smallest absolute Gasteiger partial charge is 0.307 e. The highest BCUT2D eigenvalue weighted by molar-refractivity contribution is 5.83. The molecule has 0 amide bonds. The van der Waals surface area contributed by atoms with Crippen LogP contribution in [0.5, 0.6) is 0 Å². The summed E-state index contributed by atoms with van der Waals surface area (Å²) in [4.78, 5) is 10.9. The van der Waals surface area contributed by atoms with Gasteiger partial charge in [-0.25, -0.2) is 0 Å². The van der Waals surface area contributed by atoms with Crippen molar-refractivity contribution in [3.05, 3.63) is 59.2 Å². The summed E-state index contributed by atoms with van der Waals surface area (Å²) in [6, 6.07) is 14.2. The molecule has 0 saturated carbocycles. The van der Waals surface area contributed by atoms with Crippen LogP contribution in [-0.2, 0) is 17.6 Å².